The lowest BCUT2D eigenvalue weighted by molar-refractivity contribution is 1.11. The Morgan fingerprint density at radius 1 is 0.850 bits per heavy atom. The Balaban J connectivity index is 0.000000956. The van der Waals surface area contributed by atoms with Crippen LogP contribution in [0.5, 0.6) is 0 Å². The fourth-order valence-corrected chi connectivity index (χ4v) is 2.69. The van der Waals surface area contributed by atoms with Crippen molar-refractivity contribution in [3.05, 3.63) is 68.7 Å². The first-order valence-electron chi connectivity index (χ1n) is 7.43. The lowest BCUT2D eigenvalue weighted by Gasteiger charge is -2.09. The summed E-state index contributed by atoms with van der Waals surface area (Å²) < 4.78 is 1.21. The maximum atomic E-state index is 3.67. The van der Waals surface area contributed by atoms with E-state index in [1.807, 2.05) is 13.8 Å². The van der Waals surface area contributed by atoms with Crippen LogP contribution in [-0.4, -0.2) is 0 Å². The Morgan fingerprint density at radius 3 is 1.90 bits per heavy atom. The number of hydrogen-bond acceptors (Lipinski definition) is 0. The second-order valence-corrected chi connectivity index (χ2v) is 5.73. The van der Waals surface area contributed by atoms with Crippen LogP contribution in [0.25, 0.3) is 0 Å². The van der Waals surface area contributed by atoms with Gasteiger partial charge in [-0.1, -0.05) is 67.0 Å². The molecule has 0 fully saturated rings. The van der Waals surface area contributed by atoms with Gasteiger partial charge in [0.15, 0.2) is 0 Å². The second-order valence-electron chi connectivity index (χ2n) is 4.87. The fraction of sp³-hybridized carbons (Fsp3) is 0.368. The molecule has 0 radical (unpaired) electrons. The predicted octanol–water partition coefficient (Wildman–Crippen LogP) is 6.25. The van der Waals surface area contributed by atoms with E-state index in [1.165, 1.54) is 32.3 Å². The molecule has 0 aliphatic carbocycles. The van der Waals surface area contributed by atoms with Gasteiger partial charge in [-0.05, 0) is 60.6 Å². The minimum Gasteiger partial charge on any atom is -0.0683 e. The number of benzene rings is 2. The zero-order chi connectivity index (χ0) is 15.1. The van der Waals surface area contributed by atoms with Gasteiger partial charge in [-0.2, -0.15) is 0 Å². The molecule has 0 unspecified atom stereocenters. The van der Waals surface area contributed by atoms with E-state index < -0.39 is 0 Å². The molecule has 0 spiro atoms. The van der Waals surface area contributed by atoms with Crippen molar-refractivity contribution < 1.29 is 0 Å². The van der Waals surface area contributed by atoms with Crippen molar-refractivity contribution >= 4 is 15.9 Å². The van der Waals surface area contributed by atoms with Crippen molar-refractivity contribution in [2.45, 2.75) is 47.5 Å². The average molecular weight is 333 g/mol. The van der Waals surface area contributed by atoms with Crippen LogP contribution in [0.2, 0.25) is 0 Å². The molecule has 2 rings (SSSR count). The van der Waals surface area contributed by atoms with E-state index in [9.17, 15) is 0 Å². The topological polar surface area (TPSA) is 0 Å². The van der Waals surface area contributed by atoms with Crippen LogP contribution in [0.3, 0.4) is 0 Å². The molecule has 0 nitrogen and oxygen atoms in total. The van der Waals surface area contributed by atoms with Crippen molar-refractivity contribution in [2.75, 3.05) is 0 Å². The second kappa shape index (κ2) is 8.26. The standard InChI is InChI=1S/C17H19Br.C2H6/c1-4-14-5-7-15(8-6-14)11-16-9-12(2)13(3)10-17(16)18;1-2/h5-10H,4,11H2,1-3H3;1-2H3. The van der Waals surface area contributed by atoms with Gasteiger partial charge in [0.05, 0.1) is 0 Å². The fourth-order valence-electron chi connectivity index (χ4n) is 2.09. The molecule has 0 N–H and O–H groups in total. The first-order valence-corrected chi connectivity index (χ1v) is 8.23. The van der Waals surface area contributed by atoms with Gasteiger partial charge < -0.3 is 0 Å². The molecule has 1 heteroatoms. The minimum atomic E-state index is 0.992. The van der Waals surface area contributed by atoms with E-state index in [-0.39, 0.29) is 0 Å². The third kappa shape index (κ3) is 4.49. The summed E-state index contributed by atoms with van der Waals surface area (Å²) in [5.41, 5.74) is 6.83. The van der Waals surface area contributed by atoms with Crippen LogP contribution >= 0.6 is 15.9 Å². The Labute approximate surface area is 132 Å². The number of aryl methyl sites for hydroxylation is 3. The van der Waals surface area contributed by atoms with Gasteiger partial charge in [0, 0.05) is 4.47 Å². The summed E-state index contributed by atoms with van der Waals surface area (Å²) in [6, 6.07) is 13.4. The summed E-state index contributed by atoms with van der Waals surface area (Å²) in [6.45, 7) is 10.5. The molecule has 0 aromatic heterocycles. The number of halogens is 1. The van der Waals surface area contributed by atoms with Crippen LogP contribution < -0.4 is 0 Å². The molecular formula is C19H25Br. The predicted molar refractivity (Wildman–Crippen MR) is 93.6 cm³/mol. The highest BCUT2D eigenvalue weighted by Gasteiger charge is 2.04. The first-order chi connectivity index (χ1) is 9.60. The van der Waals surface area contributed by atoms with E-state index in [4.69, 9.17) is 0 Å². The van der Waals surface area contributed by atoms with E-state index in [0.717, 1.165) is 12.8 Å². The van der Waals surface area contributed by atoms with Crippen LogP contribution in [0.1, 0.15) is 48.6 Å². The SMILES string of the molecule is CC.CCc1ccc(Cc2cc(C)c(C)cc2Br)cc1. The largest absolute Gasteiger partial charge is 0.0683 e. The lowest BCUT2D eigenvalue weighted by Crippen LogP contribution is -1.93. The molecule has 2 aromatic carbocycles. The summed E-state index contributed by atoms with van der Waals surface area (Å²) in [7, 11) is 0. The highest BCUT2D eigenvalue weighted by Crippen LogP contribution is 2.24. The van der Waals surface area contributed by atoms with Crippen LogP contribution in [0.15, 0.2) is 40.9 Å². The first kappa shape index (κ1) is 17.0. The number of rotatable bonds is 3. The molecule has 0 heterocycles. The monoisotopic (exact) mass is 332 g/mol. The Bertz CT molecular complexity index is 538. The maximum Gasteiger partial charge on any atom is 0.0213 e. The van der Waals surface area contributed by atoms with Crippen molar-refractivity contribution in [2.24, 2.45) is 0 Å². The summed E-state index contributed by atoms with van der Waals surface area (Å²) >= 11 is 3.67. The molecule has 20 heavy (non-hydrogen) atoms. The van der Waals surface area contributed by atoms with Gasteiger partial charge in [-0.25, -0.2) is 0 Å². The summed E-state index contributed by atoms with van der Waals surface area (Å²) in [4.78, 5) is 0. The molecule has 0 aliphatic rings. The van der Waals surface area contributed by atoms with Gasteiger partial charge in [0.2, 0.25) is 0 Å². The van der Waals surface area contributed by atoms with Gasteiger partial charge in [-0.15, -0.1) is 0 Å². The van der Waals surface area contributed by atoms with Gasteiger partial charge in [0.25, 0.3) is 0 Å². The molecule has 0 saturated heterocycles. The highest BCUT2D eigenvalue weighted by atomic mass is 79.9. The molecule has 0 bridgehead atoms. The van der Waals surface area contributed by atoms with Gasteiger partial charge in [0.1, 0.15) is 0 Å². The number of hydrogen-bond donors (Lipinski definition) is 0. The van der Waals surface area contributed by atoms with Crippen molar-refractivity contribution in [1.82, 2.24) is 0 Å². The Kier molecular flexibility index (Phi) is 7.01. The molecule has 0 atom stereocenters. The highest BCUT2D eigenvalue weighted by molar-refractivity contribution is 9.10. The third-order valence-electron chi connectivity index (χ3n) is 3.49. The van der Waals surface area contributed by atoms with E-state index in [2.05, 4.69) is 73.1 Å². The summed E-state index contributed by atoms with van der Waals surface area (Å²) in [6.07, 6.45) is 2.10. The van der Waals surface area contributed by atoms with Crippen LogP contribution in [0, 0.1) is 13.8 Å². The van der Waals surface area contributed by atoms with E-state index in [1.54, 1.807) is 0 Å². The van der Waals surface area contributed by atoms with E-state index >= 15 is 0 Å². The molecule has 0 amide bonds. The van der Waals surface area contributed by atoms with Crippen molar-refractivity contribution in [1.29, 1.82) is 0 Å². The van der Waals surface area contributed by atoms with Crippen LogP contribution in [-0.2, 0) is 12.8 Å². The molecule has 0 saturated carbocycles. The third-order valence-corrected chi connectivity index (χ3v) is 4.23. The summed E-state index contributed by atoms with van der Waals surface area (Å²) in [5.74, 6) is 0. The maximum absolute atomic E-state index is 3.67. The van der Waals surface area contributed by atoms with E-state index in [0.29, 0.717) is 0 Å². The van der Waals surface area contributed by atoms with Gasteiger partial charge >= 0.3 is 0 Å². The summed E-state index contributed by atoms with van der Waals surface area (Å²) in [5, 5.41) is 0. The minimum absolute atomic E-state index is 0.992. The zero-order valence-corrected chi connectivity index (χ0v) is 14.8. The van der Waals surface area contributed by atoms with Crippen LogP contribution in [0.4, 0.5) is 0 Å². The van der Waals surface area contributed by atoms with Crippen molar-refractivity contribution in [3.63, 3.8) is 0 Å². The Morgan fingerprint density at radius 2 is 1.35 bits per heavy atom. The smallest absolute Gasteiger partial charge is 0.0213 e. The lowest BCUT2D eigenvalue weighted by atomic mass is 9.99. The normalized spacial score (nSPS) is 9.90. The molecule has 108 valence electrons. The van der Waals surface area contributed by atoms with Gasteiger partial charge in [-0.3, -0.25) is 0 Å². The average Bonchev–Trinajstić information content (AvgIpc) is 2.47. The van der Waals surface area contributed by atoms with Crippen molar-refractivity contribution in [3.8, 4) is 0 Å². The quantitative estimate of drug-likeness (QED) is 0.623. The Hall–Kier alpha value is -1.08. The zero-order valence-electron chi connectivity index (χ0n) is 13.3. The molecule has 0 aliphatic heterocycles. The molecule has 2 aromatic rings. The molecular weight excluding hydrogens is 308 g/mol.